The first-order valence-electron chi connectivity index (χ1n) is 11.4. The normalized spacial score (nSPS) is 40.2. The summed E-state index contributed by atoms with van der Waals surface area (Å²) < 4.78 is 5.18. The van der Waals surface area contributed by atoms with Crippen LogP contribution in [0.15, 0.2) is 0 Å². The van der Waals surface area contributed by atoms with Gasteiger partial charge in [-0.25, -0.2) is 4.90 Å². The van der Waals surface area contributed by atoms with Crippen molar-refractivity contribution >= 4 is 17.6 Å². The number of likely N-dealkylation sites (tertiary alicyclic amines) is 1. The van der Waals surface area contributed by atoms with E-state index >= 15 is 0 Å². The van der Waals surface area contributed by atoms with E-state index in [0.717, 1.165) is 45.2 Å². The molecule has 160 valence electrons. The average molecular weight is 414 g/mol. The van der Waals surface area contributed by atoms with Crippen LogP contribution in [0.5, 0.6) is 0 Å². The molecule has 3 heterocycles. The van der Waals surface area contributed by atoms with Crippen molar-refractivity contribution in [3.05, 3.63) is 0 Å². The highest BCUT2D eigenvalue weighted by Gasteiger charge is 2.48. The van der Waals surface area contributed by atoms with E-state index in [2.05, 4.69) is 20.4 Å². The summed E-state index contributed by atoms with van der Waals surface area (Å²) in [5, 5.41) is 6.38. The lowest BCUT2D eigenvalue weighted by atomic mass is 9.87. The highest BCUT2D eigenvalue weighted by molar-refractivity contribution is 6.20. The van der Waals surface area contributed by atoms with Crippen LogP contribution in [0.2, 0.25) is 0 Å². The zero-order valence-electron chi connectivity index (χ0n) is 17.3. The van der Waals surface area contributed by atoms with Gasteiger partial charge in [0.2, 0.25) is 0 Å². The molecule has 1 aliphatic carbocycles. The van der Waals surface area contributed by atoms with Crippen LogP contribution in [0.4, 0.5) is 0 Å². The van der Waals surface area contributed by atoms with Crippen molar-refractivity contribution in [2.24, 2.45) is 11.8 Å². The lowest BCUT2D eigenvalue weighted by Gasteiger charge is -2.42. The van der Waals surface area contributed by atoms with Gasteiger partial charge in [0, 0.05) is 31.4 Å². The number of alkyl halides is 1. The van der Waals surface area contributed by atoms with Gasteiger partial charge >= 0.3 is 5.97 Å². The number of fused-ring (bicyclic) bond motifs is 1. The van der Waals surface area contributed by atoms with E-state index in [0.29, 0.717) is 23.4 Å². The Kier molecular flexibility index (Phi) is 7.16. The van der Waals surface area contributed by atoms with E-state index in [-0.39, 0.29) is 12.0 Å². The number of halogens is 1. The molecule has 6 nitrogen and oxygen atoms in total. The third-order valence-electron chi connectivity index (χ3n) is 7.60. The van der Waals surface area contributed by atoms with Crippen molar-refractivity contribution < 1.29 is 14.8 Å². The first-order chi connectivity index (χ1) is 13.6. The standard InChI is InChI=1S/C21H37ClN4O2/c1-28-21(27)19-9-18-20(13-25(19)12-16-3-2-8-23-10-16)26(14-24-18)11-15-4-6-17(22)7-5-15/h15-20,23-24H,2-14H2,1H3/p+1/t15?,16?,17?,18?,19-,20?/m1/s1. The van der Waals surface area contributed by atoms with Gasteiger partial charge in [0.15, 0.2) is 0 Å². The molecule has 4 rings (SSSR count). The van der Waals surface area contributed by atoms with Crippen LogP contribution in [-0.2, 0) is 9.53 Å². The topological polar surface area (TPSA) is 61.4 Å². The molecule has 0 amide bonds. The fourth-order valence-electron chi connectivity index (χ4n) is 5.95. The Morgan fingerprint density at radius 1 is 1.14 bits per heavy atom. The predicted octanol–water partition coefficient (Wildman–Crippen LogP) is 0.605. The van der Waals surface area contributed by atoms with Gasteiger partial charge in [0.1, 0.15) is 18.8 Å². The van der Waals surface area contributed by atoms with E-state index in [1.807, 2.05) is 0 Å². The first-order valence-corrected chi connectivity index (χ1v) is 11.8. The highest BCUT2D eigenvalue weighted by atomic mass is 35.5. The van der Waals surface area contributed by atoms with E-state index in [1.54, 1.807) is 0 Å². The van der Waals surface area contributed by atoms with Crippen LogP contribution in [0.3, 0.4) is 0 Å². The number of nitrogens with zero attached hydrogens (tertiary/aromatic N) is 2. The second-order valence-electron chi connectivity index (χ2n) is 9.48. The van der Waals surface area contributed by atoms with Crippen LogP contribution >= 0.6 is 11.6 Å². The Morgan fingerprint density at radius 2 is 1.93 bits per heavy atom. The molecular formula is C21H38ClN4O2+. The van der Waals surface area contributed by atoms with Crippen molar-refractivity contribution in [1.82, 2.24) is 15.1 Å². The number of rotatable bonds is 5. The molecule has 0 aromatic carbocycles. The molecule has 4 fully saturated rings. The first kappa shape index (κ1) is 20.9. The number of methoxy groups -OCH3 is 1. The molecular weight excluding hydrogens is 376 g/mol. The summed E-state index contributed by atoms with van der Waals surface area (Å²) in [6, 6.07) is 1.01. The van der Waals surface area contributed by atoms with Crippen LogP contribution in [-0.4, -0.2) is 85.8 Å². The Morgan fingerprint density at radius 3 is 2.64 bits per heavy atom. The average Bonchev–Trinajstić information content (AvgIpc) is 3.11. The van der Waals surface area contributed by atoms with Crippen LogP contribution in [0, 0.1) is 11.8 Å². The van der Waals surface area contributed by atoms with E-state index in [1.165, 1.54) is 52.2 Å². The Labute approximate surface area is 174 Å². The maximum absolute atomic E-state index is 12.5. The van der Waals surface area contributed by atoms with E-state index in [4.69, 9.17) is 16.3 Å². The van der Waals surface area contributed by atoms with Crippen LogP contribution < -0.4 is 10.6 Å². The number of nitrogens with one attached hydrogen (secondary N) is 1. The Balaban J connectivity index is 1.39. The Hall–Kier alpha value is -0.400. The summed E-state index contributed by atoms with van der Waals surface area (Å²) in [5.41, 5.74) is 0. The second kappa shape index (κ2) is 9.61. The van der Waals surface area contributed by atoms with Crippen molar-refractivity contribution in [3.8, 4) is 0 Å². The zero-order valence-corrected chi connectivity index (χ0v) is 18.1. The Bertz CT molecular complexity index is 523. The minimum Gasteiger partial charge on any atom is -0.468 e. The number of quaternary nitrogens is 1. The quantitative estimate of drug-likeness (QED) is 0.510. The molecule has 0 aromatic rings. The number of carbonyl (C=O) groups excluding carboxylic acids is 1. The SMILES string of the molecule is COC(=O)[C@H]1CC2[NH2+]CN(CC3CCC(Cl)CC3)C2CN1CC1CCCNC1. The van der Waals surface area contributed by atoms with E-state index in [9.17, 15) is 4.79 Å². The number of carbonyl (C=O) groups is 1. The number of nitrogens with two attached hydrogens (primary N) is 1. The summed E-state index contributed by atoms with van der Waals surface area (Å²) in [6.07, 6.45) is 8.31. The molecule has 3 saturated heterocycles. The minimum absolute atomic E-state index is 0.0468. The van der Waals surface area contributed by atoms with Gasteiger partial charge in [-0.3, -0.25) is 9.69 Å². The monoisotopic (exact) mass is 413 g/mol. The third-order valence-corrected chi connectivity index (χ3v) is 8.03. The summed E-state index contributed by atoms with van der Waals surface area (Å²) in [5.74, 6) is 1.39. The molecule has 3 unspecified atom stereocenters. The maximum Gasteiger partial charge on any atom is 0.323 e. The molecule has 0 spiro atoms. The lowest BCUT2D eigenvalue weighted by Crippen LogP contribution is -2.89. The van der Waals surface area contributed by atoms with Gasteiger partial charge in [-0.15, -0.1) is 11.6 Å². The van der Waals surface area contributed by atoms with Crippen LogP contribution in [0.25, 0.3) is 0 Å². The molecule has 0 radical (unpaired) electrons. The van der Waals surface area contributed by atoms with Gasteiger partial charge in [-0.1, -0.05) is 0 Å². The van der Waals surface area contributed by atoms with Crippen molar-refractivity contribution in [2.45, 2.75) is 68.4 Å². The fraction of sp³-hybridized carbons (Fsp3) is 0.952. The zero-order chi connectivity index (χ0) is 19.5. The predicted molar refractivity (Wildman–Crippen MR) is 110 cm³/mol. The van der Waals surface area contributed by atoms with Gasteiger partial charge in [0.05, 0.1) is 13.2 Å². The van der Waals surface area contributed by atoms with Crippen molar-refractivity contribution in [2.75, 3.05) is 46.5 Å². The van der Waals surface area contributed by atoms with Crippen molar-refractivity contribution in [3.63, 3.8) is 0 Å². The molecule has 7 heteroatoms. The molecule has 28 heavy (non-hydrogen) atoms. The molecule has 1 saturated carbocycles. The lowest BCUT2D eigenvalue weighted by molar-refractivity contribution is -0.678. The molecule has 0 bridgehead atoms. The third kappa shape index (κ3) is 4.84. The molecule has 0 aromatic heterocycles. The summed E-state index contributed by atoms with van der Waals surface area (Å²) in [6.45, 7) is 6.50. The number of hydrogen-bond acceptors (Lipinski definition) is 5. The number of piperidine rings is 2. The molecule has 4 aliphatic rings. The van der Waals surface area contributed by atoms with Gasteiger partial charge < -0.3 is 15.4 Å². The van der Waals surface area contributed by atoms with Crippen molar-refractivity contribution in [1.29, 1.82) is 0 Å². The van der Waals surface area contributed by atoms with Crippen LogP contribution in [0.1, 0.15) is 44.9 Å². The largest absolute Gasteiger partial charge is 0.468 e. The molecule has 3 N–H and O–H groups in total. The number of hydrogen-bond donors (Lipinski definition) is 2. The van der Waals surface area contributed by atoms with E-state index < -0.39 is 0 Å². The summed E-state index contributed by atoms with van der Waals surface area (Å²) in [4.78, 5) is 17.7. The van der Waals surface area contributed by atoms with Gasteiger partial charge in [-0.05, 0) is 63.5 Å². The van der Waals surface area contributed by atoms with Gasteiger partial charge in [-0.2, -0.15) is 0 Å². The number of esters is 1. The smallest absolute Gasteiger partial charge is 0.323 e. The number of ether oxygens (including phenoxy) is 1. The maximum atomic E-state index is 12.5. The minimum atomic E-state index is -0.0731. The highest BCUT2D eigenvalue weighted by Crippen LogP contribution is 2.31. The molecule has 3 aliphatic heterocycles. The molecule has 4 atom stereocenters. The fourth-order valence-corrected chi connectivity index (χ4v) is 6.21. The summed E-state index contributed by atoms with van der Waals surface area (Å²) >= 11 is 6.31. The van der Waals surface area contributed by atoms with Gasteiger partial charge in [0.25, 0.3) is 0 Å². The summed E-state index contributed by atoms with van der Waals surface area (Å²) in [7, 11) is 1.53. The second-order valence-corrected chi connectivity index (χ2v) is 10.1.